The zero-order chi connectivity index (χ0) is 27.8. The molecule has 2 N–H and O–H groups in total. The van der Waals surface area contributed by atoms with Gasteiger partial charge in [0, 0.05) is 59.1 Å². The van der Waals surface area contributed by atoms with Crippen LogP contribution in [0.25, 0.3) is 0 Å². The summed E-state index contributed by atoms with van der Waals surface area (Å²) in [6.07, 6.45) is 2.11. The summed E-state index contributed by atoms with van der Waals surface area (Å²) in [4.78, 5) is 15.8. The van der Waals surface area contributed by atoms with Gasteiger partial charge in [-0.2, -0.15) is 5.26 Å². The van der Waals surface area contributed by atoms with Crippen LogP contribution in [0.2, 0.25) is 5.02 Å². The monoisotopic (exact) mass is 544 g/mol. The minimum absolute atomic E-state index is 0.0857. The van der Waals surface area contributed by atoms with Crippen LogP contribution in [0.3, 0.4) is 0 Å². The molecular formula is C32H37ClN4O2. The predicted molar refractivity (Wildman–Crippen MR) is 154 cm³/mol. The molecule has 3 fully saturated rings. The number of ether oxygens (including phenoxy) is 1. The lowest BCUT2D eigenvalue weighted by Crippen LogP contribution is -2.74. The molecule has 1 amide bonds. The summed E-state index contributed by atoms with van der Waals surface area (Å²) in [5.41, 5.74) is 1.36. The Balaban J connectivity index is 1.17. The SMILES string of the molecule is CC1(C)[C@H](NC(=O)c2ccc(C#CC3CCN(C4CNC4)CC3)cc2)C(C)(C)[C@H]1Oc1ccc(C#N)c(Cl)c1. The highest BCUT2D eigenvalue weighted by Crippen LogP contribution is 2.55. The van der Waals surface area contributed by atoms with Crippen LogP contribution in [-0.4, -0.2) is 55.2 Å². The summed E-state index contributed by atoms with van der Waals surface area (Å²) in [6.45, 7) is 12.9. The normalized spacial score (nSPS) is 24.3. The number of hydrogen-bond donors (Lipinski definition) is 2. The van der Waals surface area contributed by atoms with E-state index in [1.165, 1.54) is 0 Å². The number of likely N-dealkylation sites (tertiary alicyclic amines) is 1. The molecule has 0 aromatic heterocycles. The first kappa shape index (κ1) is 27.5. The van der Waals surface area contributed by atoms with Gasteiger partial charge in [-0.15, -0.1) is 0 Å². The lowest BCUT2D eigenvalue weighted by molar-refractivity contribution is -0.164. The Hall–Kier alpha value is -3.03. The topological polar surface area (TPSA) is 77.4 Å². The second-order valence-electron chi connectivity index (χ2n) is 12.3. The standard InChI is InChI=1S/C32H37ClN4O2/c1-31(2)29(32(3,4)30(31)39-26-12-11-24(18-34)27(33)17-26)36-28(38)23-9-7-21(8-10-23)5-6-22-13-15-37(16-14-22)25-19-35-20-25/h7-12,17,22,25,29-30,35H,13-16,19-20H2,1-4H3,(H,36,38)/t29-,30-. The lowest BCUT2D eigenvalue weighted by atomic mass is 9.49. The largest absolute Gasteiger partial charge is 0.489 e. The fourth-order valence-electron chi connectivity index (χ4n) is 6.64. The predicted octanol–water partition coefficient (Wildman–Crippen LogP) is 4.86. The zero-order valence-electron chi connectivity index (χ0n) is 23.2. The molecule has 0 atom stereocenters. The number of nitriles is 1. The molecule has 0 unspecified atom stereocenters. The van der Waals surface area contributed by atoms with Crippen molar-refractivity contribution in [3.8, 4) is 23.7 Å². The molecule has 2 aliphatic heterocycles. The smallest absolute Gasteiger partial charge is 0.251 e. The molecule has 0 spiro atoms. The number of benzene rings is 2. The summed E-state index contributed by atoms with van der Waals surface area (Å²) in [5.74, 6) is 7.74. The van der Waals surface area contributed by atoms with Crippen molar-refractivity contribution >= 4 is 17.5 Å². The van der Waals surface area contributed by atoms with E-state index in [4.69, 9.17) is 21.6 Å². The van der Waals surface area contributed by atoms with Crippen LogP contribution in [0, 0.1) is 39.9 Å². The fourth-order valence-corrected chi connectivity index (χ4v) is 6.85. The maximum absolute atomic E-state index is 13.2. The summed E-state index contributed by atoms with van der Waals surface area (Å²) >= 11 is 6.20. The summed E-state index contributed by atoms with van der Waals surface area (Å²) in [6, 6.07) is 15.4. The molecule has 5 rings (SSSR count). The van der Waals surface area contributed by atoms with Crippen LogP contribution in [0.4, 0.5) is 0 Å². The minimum Gasteiger partial charge on any atom is -0.489 e. The van der Waals surface area contributed by atoms with Crippen LogP contribution in [0.5, 0.6) is 5.75 Å². The van der Waals surface area contributed by atoms with E-state index in [1.807, 2.05) is 24.3 Å². The Bertz CT molecular complexity index is 1310. The average Bonchev–Trinajstić information content (AvgIpc) is 2.89. The van der Waals surface area contributed by atoms with Crippen molar-refractivity contribution in [3.05, 3.63) is 64.2 Å². The molecule has 2 aromatic rings. The number of piperidine rings is 1. The average molecular weight is 545 g/mol. The van der Waals surface area contributed by atoms with E-state index < -0.39 is 0 Å². The van der Waals surface area contributed by atoms with Crippen molar-refractivity contribution in [2.75, 3.05) is 26.2 Å². The summed E-state index contributed by atoms with van der Waals surface area (Å²) in [7, 11) is 0. The van der Waals surface area contributed by atoms with Crippen molar-refractivity contribution in [2.45, 2.75) is 58.7 Å². The summed E-state index contributed by atoms with van der Waals surface area (Å²) in [5, 5.41) is 16.1. The first-order valence-electron chi connectivity index (χ1n) is 13.8. The number of nitrogens with one attached hydrogen (secondary N) is 2. The van der Waals surface area contributed by atoms with Gasteiger partial charge in [0.25, 0.3) is 5.91 Å². The van der Waals surface area contributed by atoms with E-state index >= 15 is 0 Å². The van der Waals surface area contributed by atoms with Crippen molar-refractivity contribution in [1.82, 2.24) is 15.5 Å². The van der Waals surface area contributed by atoms with Gasteiger partial charge in [0.05, 0.1) is 10.6 Å². The maximum Gasteiger partial charge on any atom is 0.251 e. The van der Waals surface area contributed by atoms with Gasteiger partial charge in [0.1, 0.15) is 17.9 Å². The molecule has 39 heavy (non-hydrogen) atoms. The van der Waals surface area contributed by atoms with Gasteiger partial charge < -0.3 is 15.4 Å². The highest BCUT2D eigenvalue weighted by Gasteiger charge is 2.64. The quantitative estimate of drug-likeness (QED) is 0.526. The molecule has 204 valence electrons. The van der Waals surface area contributed by atoms with Crippen LogP contribution < -0.4 is 15.4 Å². The fraction of sp³-hybridized carbons (Fsp3) is 0.500. The van der Waals surface area contributed by atoms with E-state index in [0.29, 0.717) is 33.9 Å². The van der Waals surface area contributed by atoms with Crippen molar-refractivity contribution in [1.29, 1.82) is 5.26 Å². The van der Waals surface area contributed by atoms with Gasteiger partial charge in [-0.1, -0.05) is 51.1 Å². The first-order chi connectivity index (χ1) is 18.6. The van der Waals surface area contributed by atoms with Crippen LogP contribution >= 0.6 is 11.6 Å². The Morgan fingerprint density at radius 1 is 1.08 bits per heavy atom. The number of carbonyl (C=O) groups is 1. The molecule has 6 nitrogen and oxygen atoms in total. The van der Waals surface area contributed by atoms with Crippen molar-refractivity contribution in [3.63, 3.8) is 0 Å². The third kappa shape index (κ3) is 5.52. The zero-order valence-corrected chi connectivity index (χ0v) is 23.9. The number of hydrogen-bond acceptors (Lipinski definition) is 5. The van der Waals surface area contributed by atoms with Crippen LogP contribution in [0.1, 0.15) is 62.0 Å². The number of rotatable bonds is 5. The van der Waals surface area contributed by atoms with Gasteiger partial charge in [-0.3, -0.25) is 9.69 Å². The Labute approximate surface area is 237 Å². The van der Waals surface area contributed by atoms with Crippen LogP contribution in [0.15, 0.2) is 42.5 Å². The number of carbonyl (C=O) groups excluding carboxylic acids is 1. The van der Waals surface area contributed by atoms with E-state index in [1.54, 1.807) is 18.2 Å². The number of amides is 1. The lowest BCUT2D eigenvalue weighted by Gasteiger charge is -2.63. The molecular weight excluding hydrogens is 508 g/mol. The molecule has 7 heteroatoms. The Morgan fingerprint density at radius 3 is 2.31 bits per heavy atom. The molecule has 3 aliphatic rings. The van der Waals surface area contributed by atoms with Gasteiger partial charge >= 0.3 is 0 Å². The Morgan fingerprint density at radius 2 is 1.74 bits per heavy atom. The van der Waals surface area contributed by atoms with E-state index in [9.17, 15) is 4.79 Å². The molecule has 1 saturated carbocycles. The molecule has 2 aromatic carbocycles. The van der Waals surface area contributed by atoms with Gasteiger partial charge in [-0.25, -0.2) is 0 Å². The van der Waals surface area contributed by atoms with E-state index in [2.05, 4.69) is 61.1 Å². The van der Waals surface area contributed by atoms with Crippen molar-refractivity contribution in [2.24, 2.45) is 16.7 Å². The van der Waals surface area contributed by atoms with E-state index in [0.717, 1.165) is 44.6 Å². The van der Waals surface area contributed by atoms with Gasteiger partial charge in [0.15, 0.2) is 0 Å². The maximum atomic E-state index is 13.2. The summed E-state index contributed by atoms with van der Waals surface area (Å²) < 4.78 is 6.33. The minimum atomic E-state index is -0.310. The van der Waals surface area contributed by atoms with Gasteiger partial charge in [0.2, 0.25) is 0 Å². The van der Waals surface area contributed by atoms with Crippen LogP contribution in [-0.2, 0) is 0 Å². The van der Waals surface area contributed by atoms with Gasteiger partial charge in [-0.05, 0) is 62.3 Å². The van der Waals surface area contributed by atoms with E-state index in [-0.39, 0.29) is 28.9 Å². The number of nitrogens with zero attached hydrogens (tertiary/aromatic N) is 2. The molecule has 2 heterocycles. The van der Waals surface area contributed by atoms with Crippen molar-refractivity contribution < 1.29 is 9.53 Å². The molecule has 0 radical (unpaired) electrons. The Kier molecular flexibility index (Phi) is 7.66. The molecule has 0 bridgehead atoms. The third-order valence-electron chi connectivity index (χ3n) is 8.80. The highest BCUT2D eigenvalue weighted by molar-refractivity contribution is 6.31. The first-order valence-corrected chi connectivity index (χ1v) is 14.2. The highest BCUT2D eigenvalue weighted by atomic mass is 35.5. The third-order valence-corrected chi connectivity index (χ3v) is 9.12. The molecule has 1 aliphatic carbocycles. The second kappa shape index (κ2) is 10.9. The molecule has 2 saturated heterocycles. The number of halogens is 1. The second-order valence-corrected chi connectivity index (χ2v) is 12.7.